The van der Waals surface area contributed by atoms with Crippen molar-refractivity contribution in [1.29, 1.82) is 0 Å². The van der Waals surface area contributed by atoms with E-state index in [1.807, 2.05) is 6.92 Å². The molecule has 1 fully saturated rings. The number of nitrogens with zero attached hydrogens (tertiary/aromatic N) is 2. The van der Waals surface area contributed by atoms with E-state index in [0.717, 1.165) is 31.6 Å². The van der Waals surface area contributed by atoms with Crippen LogP contribution in [0.1, 0.15) is 35.9 Å². The monoisotopic (exact) mass is 252 g/mol. The highest BCUT2D eigenvalue weighted by atomic mass is 16.5. The Bertz CT molecular complexity index is 424. The number of H-pyrrole nitrogens is 1. The first-order valence-electron chi connectivity index (χ1n) is 6.33. The molecule has 6 heteroatoms. The highest BCUT2D eigenvalue weighted by Crippen LogP contribution is 2.18. The number of hydrogen-bond acceptors (Lipinski definition) is 4. The highest BCUT2D eigenvalue weighted by molar-refractivity contribution is 5.97. The number of amides is 1. The van der Waals surface area contributed by atoms with Crippen LogP contribution in [0, 0.1) is 0 Å². The van der Waals surface area contributed by atoms with E-state index in [1.54, 1.807) is 11.9 Å². The number of aryl methyl sites for hydroxylation is 1. The van der Waals surface area contributed by atoms with Crippen molar-refractivity contribution in [1.82, 2.24) is 15.1 Å². The minimum Gasteiger partial charge on any atom is -0.395 e. The molecule has 2 rings (SSSR count). The molecular weight excluding hydrogens is 232 g/mol. The topological polar surface area (TPSA) is 84.2 Å². The molecular formula is C12H20N4O2. The van der Waals surface area contributed by atoms with Gasteiger partial charge in [-0.05, 0) is 19.3 Å². The summed E-state index contributed by atoms with van der Waals surface area (Å²) >= 11 is 0. The Morgan fingerprint density at radius 1 is 1.67 bits per heavy atom. The minimum absolute atomic E-state index is 0.143. The van der Waals surface area contributed by atoms with Gasteiger partial charge in [-0.2, -0.15) is 5.10 Å². The molecule has 0 aromatic carbocycles. The Labute approximate surface area is 106 Å². The summed E-state index contributed by atoms with van der Waals surface area (Å²) in [4.78, 5) is 13.8. The van der Waals surface area contributed by atoms with E-state index in [9.17, 15) is 4.79 Å². The van der Waals surface area contributed by atoms with Gasteiger partial charge in [0.1, 0.15) is 0 Å². The molecule has 1 amide bonds. The van der Waals surface area contributed by atoms with Crippen molar-refractivity contribution in [2.75, 3.05) is 25.9 Å². The molecule has 3 N–H and O–H groups in total. The number of hydrogen-bond donors (Lipinski definition) is 2. The Kier molecular flexibility index (Phi) is 3.86. The number of nitrogens with two attached hydrogens (primary N) is 1. The molecule has 1 aliphatic rings. The molecule has 2 heterocycles. The van der Waals surface area contributed by atoms with Crippen molar-refractivity contribution in [3.63, 3.8) is 0 Å². The maximum atomic E-state index is 12.2. The first-order chi connectivity index (χ1) is 8.63. The molecule has 0 radical (unpaired) electrons. The number of anilines is 1. The number of ether oxygens (including phenoxy) is 1. The predicted octanol–water partition coefficient (Wildman–Crippen LogP) is 0.805. The third-order valence-electron chi connectivity index (χ3n) is 3.29. The number of carbonyl (C=O) groups is 1. The average Bonchev–Trinajstić information content (AvgIpc) is 2.97. The highest BCUT2D eigenvalue weighted by Gasteiger charge is 2.24. The van der Waals surface area contributed by atoms with E-state index in [0.29, 0.717) is 17.9 Å². The van der Waals surface area contributed by atoms with Crippen LogP contribution in [0.25, 0.3) is 0 Å². The average molecular weight is 252 g/mol. The smallest absolute Gasteiger partial charge is 0.276 e. The zero-order chi connectivity index (χ0) is 13.1. The fourth-order valence-electron chi connectivity index (χ4n) is 2.18. The molecule has 1 unspecified atom stereocenters. The van der Waals surface area contributed by atoms with Crippen molar-refractivity contribution in [3.05, 3.63) is 11.4 Å². The van der Waals surface area contributed by atoms with E-state index in [2.05, 4.69) is 10.2 Å². The van der Waals surface area contributed by atoms with E-state index < -0.39 is 0 Å². The van der Waals surface area contributed by atoms with E-state index in [4.69, 9.17) is 10.5 Å². The summed E-state index contributed by atoms with van der Waals surface area (Å²) in [5, 5.41) is 6.80. The third-order valence-corrected chi connectivity index (χ3v) is 3.29. The Morgan fingerprint density at radius 3 is 3.00 bits per heavy atom. The van der Waals surface area contributed by atoms with Crippen LogP contribution in [-0.2, 0) is 11.2 Å². The predicted molar refractivity (Wildman–Crippen MR) is 68.3 cm³/mol. The number of carbonyl (C=O) groups excluding carboxylic acids is 1. The molecule has 0 bridgehead atoms. The van der Waals surface area contributed by atoms with Gasteiger partial charge in [-0.1, -0.05) is 6.92 Å². The van der Waals surface area contributed by atoms with Crippen LogP contribution in [-0.4, -0.2) is 47.3 Å². The second kappa shape index (κ2) is 5.39. The molecule has 0 spiro atoms. The Hall–Kier alpha value is -1.56. The maximum Gasteiger partial charge on any atom is 0.276 e. The molecule has 100 valence electrons. The number of nitrogens with one attached hydrogen (secondary N) is 1. The number of nitrogen functional groups attached to an aromatic ring is 1. The molecule has 1 aromatic heterocycles. The van der Waals surface area contributed by atoms with Crippen molar-refractivity contribution in [2.45, 2.75) is 32.3 Å². The van der Waals surface area contributed by atoms with Crippen LogP contribution in [0.4, 0.5) is 5.69 Å². The molecule has 1 atom stereocenters. The van der Waals surface area contributed by atoms with Crippen LogP contribution in [0.5, 0.6) is 0 Å². The molecule has 6 nitrogen and oxygen atoms in total. The Balaban J connectivity index is 2.02. The van der Waals surface area contributed by atoms with Crippen LogP contribution in [0.2, 0.25) is 0 Å². The van der Waals surface area contributed by atoms with Crippen LogP contribution < -0.4 is 5.73 Å². The third kappa shape index (κ3) is 2.48. The molecule has 18 heavy (non-hydrogen) atoms. The quantitative estimate of drug-likeness (QED) is 0.830. The van der Waals surface area contributed by atoms with Crippen molar-refractivity contribution >= 4 is 11.6 Å². The van der Waals surface area contributed by atoms with E-state index >= 15 is 0 Å². The molecule has 1 aromatic rings. The van der Waals surface area contributed by atoms with Gasteiger partial charge in [0.15, 0.2) is 5.69 Å². The van der Waals surface area contributed by atoms with Crippen LogP contribution in [0.3, 0.4) is 0 Å². The largest absolute Gasteiger partial charge is 0.395 e. The lowest BCUT2D eigenvalue weighted by Crippen LogP contribution is -2.34. The summed E-state index contributed by atoms with van der Waals surface area (Å²) in [7, 11) is 1.75. The SMILES string of the molecule is CCc1[nH]nc(C(=O)N(C)CC2CCCO2)c1N. The van der Waals surface area contributed by atoms with Gasteiger partial charge >= 0.3 is 0 Å². The number of aromatic nitrogens is 2. The van der Waals surface area contributed by atoms with Gasteiger partial charge in [0.05, 0.1) is 17.5 Å². The van der Waals surface area contributed by atoms with Gasteiger partial charge in [0.2, 0.25) is 0 Å². The van der Waals surface area contributed by atoms with E-state index in [-0.39, 0.29) is 12.0 Å². The summed E-state index contributed by atoms with van der Waals surface area (Å²) in [6.45, 7) is 3.35. The zero-order valence-electron chi connectivity index (χ0n) is 10.9. The number of aromatic amines is 1. The first-order valence-corrected chi connectivity index (χ1v) is 6.33. The second-order valence-electron chi connectivity index (χ2n) is 4.64. The van der Waals surface area contributed by atoms with Crippen LogP contribution in [0.15, 0.2) is 0 Å². The summed E-state index contributed by atoms with van der Waals surface area (Å²) in [5.74, 6) is -0.154. The summed E-state index contributed by atoms with van der Waals surface area (Å²) < 4.78 is 5.51. The number of rotatable bonds is 4. The standard InChI is InChI=1S/C12H20N4O2/c1-3-9-10(13)11(15-14-9)12(17)16(2)7-8-5-4-6-18-8/h8H,3-7,13H2,1-2H3,(H,14,15). The lowest BCUT2D eigenvalue weighted by atomic mass is 10.2. The lowest BCUT2D eigenvalue weighted by Gasteiger charge is -2.20. The van der Waals surface area contributed by atoms with Gasteiger partial charge in [0.25, 0.3) is 5.91 Å². The van der Waals surface area contributed by atoms with Gasteiger partial charge in [-0.15, -0.1) is 0 Å². The van der Waals surface area contributed by atoms with Crippen molar-refractivity contribution in [2.24, 2.45) is 0 Å². The summed E-state index contributed by atoms with van der Waals surface area (Å²) in [5.41, 5.74) is 7.47. The van der Waals surface area contributed by atoms with Gasteiger partial charge < -0.3 is 15.4 Å². The normalized spacial score (nSPS) is 19.1. The zero-order valence-corrected chi connectivity index (χ0v) is 10.9. The fourth-order valence-corrected chi connectivity index (χ4v) is 2.18. The summed E-state index contributed by atoms with van der Waals surface area (Å²) in [6, 6.07) is 0. The molecule has 0 saturated carbocycles. The Morgan fingerprint density at radius 2 is 2.44 bits per heavy atom. The second-order valence-corrected chi connectivity index (χ2v) is 4.64. The number of likely N-dealkylation sites (N-methyl/N-ethyl adjacent to an activating group) is 1. The van der Waals surface area contributed by atoms with Crippen molar-refractivity contribution in [3.8, 4) is 0 Å². The van der Waals surface area contributed by atoms with Gasteiger partial charge in [-0.25, -0.2) is 0 Å². The molecule has 1 aliphatic heterocycles. The fraction of sp³-hybridized carbons (Fsp3) is 0.667. The van der Waals surface area contributed by atoms with Crippen LogP contribution >= 0.6 is 0 Å². The molecule has 0 aliphatic carbocycles. The summed E-state index contributed by atoms with van der Waals surface area (Å²) in [6.07, 6.45) is 2.96. The maximum absolute atomic E-state index is 12.2. The van der Waals surface area contributed by atoms with Gasteiger partial charge in [0, 0.05) is 20.2 Å². The van der Waals surface area contributed by atoms with Crippen molar-refractivity contribution < 1.29 is 9.53 Å². The van der Waals surface area contributed by atoms with E-state index in [1.165, 1.54) is 0 Å². The first kappa shape index (κ1) is 12.9. The minimum atomic E-state index is -0.154. The lowest BCUT2D eigenvalue weighted by molar-refractivity contribution is 0.0583. The van der Waals surface area contributed by atoms with Gasteiger partial charge in [-0.3, -0.25) is 9.89 Å². The molecule has 1 saturated heterocycles.